The zero-order chi connectivity index (χ0) is 11.5. The molecule has 0 spiro atoms. The molecule has 1 aliphatic heterocycles. The second-order valence-corrected chi connectivity index (χ2v) is 4.49. The summed E-state index contributed by atoms with van der Waals surface area (Å²) in [6.45, 7) is 4.39. The summed E-state index contributed by atoms with van der Waals surface area (Å²) >= 11 is 4.87. The average Bonchev–Trinajstić information content (AvgIpc) is 2.61. The Labute approximate surface area is 95.5 Å². The number of amides is 1. The van der Waals surface area contributed by atoms with Crippen LogP contribution in [0, 0.1) is 0 Å². The quantitative estimate of drug-likeness (QED) is 0.699. The molecule has 1 fully saturated rings. The van der Waals surface area contributed by atoms with E-state index in [9.17, 15) is 4.79 Å². The van der Waals surface area contributed by atoms with E-state index >= 15 is 0 Å². The van der Waals surface area contributed by atoms with Crippen molar-refractivity contribution in [3.8, 4) is 0 Å². The summed E-state index contributed by atoms with van der Waals surface area (Å²) in [5.74, 6) is -0.111. The summed E-state index contributed by atoms with van der Waals surface area (Å²) < 4.78 is 5.43. The van der Waals surface area contributed by atoms with Crippen molar-refractivity contribution in [2.45, 2.75) is 44.8 Å². The van der Waals surface area contributed by atoms with Crippen LogP contribution in [0.2, 0.25) is 0 Å². The normalized spacial score (nSPS) is 27.3. The van der Waals surface area contributed by atoms with Crippen LogP contribution in [-0.4, -0.2) is 29.1 Å². The SMILES string of the molecule is CCC(NC(=O)C1(C)CCCO1)C(N)=S. The van der Waals surface area contributed by atoms with Crippen molar-refractivity contribution in [2.75, 3.05) is 6.61 Å². The predicted molar refractivity (Wildman–Crippen MR) is 62.6 cm³/mol. The Balaban J connectivity index is 2.57. The van der Waals surface area contributed by atoms with E-state index in [2.05, 4.69) is 5.32 Å². The molecule has 3 N–H and O–H groups in total. The lowest BCUT2D eigenvalue weighted by molar-refractivity contribution is -0.139. The lowest BCUT2D eigenvalue weighted by Gasteiger charge is -2.25. The molecule has 2 atom stereocenters. The van der Waals surface area contributed by atoms with Gasteiger partial charge < -0.3 is 15.8 Å². The third kappa shape index (κ3) is 2.89. The van der Waals surface area contributed by atoms with Gasteiger partial charge in [0.1, 0.15) is 5.60 Å². The molecule has 5 heteroatoms. The molecule has 0 aromatic rings. The van der Waals surface area contributed by atoms with Crippen molar-refractivity contribution >= 4 is 23.1 Å². The molecule has 0 aromatic carbocycles. The van der Waals surface area contributed by atoms with Crippen LogP contribution in [0.3, 0.4) is 0 Å². The zero-order valence-corrected chi connectivity index (χ0v) is 10.0. The minimum atomic E-state index is -0.696. The second kappa shape index (κ2) is 4.90. The van der Waals surface area contributed by atoms with Crippen LogP contribution in [0.5, 0.6) is 0 Å². The Kier molecular flexibility index (Phi) is 4.04. The van der Waals surface area contributed by atoms with Gasteiger partial charge >= 0.3 is 0 Å². The molecular weight excluding hydrogens is 212 g/mol. The van der Waals surface area contributed by atoms with Crippen LogP contribution < -0.4 is 11.1 Å². The Hall–Kier alpha value is -0.680. The van der Waals surface area contributed by atoms with Gasteiger partial charge in [0.2, 0.25) is 0 Å². The number of nitrogens with one attached hydrogen (secondary N) is 1. The fraction of sp³-hybridized carbons (Fsp3) is 0.800. The van der Waals surface area contributed by atoms with Crippen LogP contribution in [0.25, 0.3) is 0 Å². The van der Waals surface area contributed by atoms with E-state index in [1.165, 1.54) is 0 Å². The van der Waals surface area contributed by atoms with Crippen LogP contribution in [-0.2, 0) is 9.53 Å². The number of thiocarbonyl (C=S) groups is 1. The number of hydrogen-bond donors (Lipinski definition) is 2. The van der Waals surface area contributed by atoms with Gasteiger partial charge in [0.25, 0.3) is 5.91 Å². The molecule has 1 saturated heterocycles. The molecule has 2 unspecified atom stereocenters. The molecule has 1 amide bonds. The summed E-state index contributed by atoms with van der Waals surface area (Å²) in [5.41, 5.74) is 4.82. The van der Waals surface area contributed by atoms with Crippen molar-refractivity contribution in [2.24, 2.45) is 5.73 Å². The highest BCUT2D eigenvalue weighted by atomic mass is 32.1. The molecule has 0 saturated carbocycles. The van der Waals surface area contributed by atoms with E-state index in [1.54, 1.807) is 0 Å². The first-order valence-electron chi connectivity index (χ1n) is 5.24. The molecule has 0 bridgehead atoms. The van der Waals surface area contributed by atoms with Crippen molar-refractivity contribution in [3.05, 3.63) is 0 Å². The molecule has 1 heterocycles. The minimum Gasteiger partial charge on any atom is -0.392 e. The molecule has 4 nitrogen and oxygen atoms in total. The highest BCUT2D eigenvalue weighted by Gasteiger charge is 2.38. The van der Waals surface area contributed by atoms with Crippen LogP contribution in [0.1, 0.15) is 33.1 Å². The maximum atomic E-state index is 11.9. The summed E-state index contributed by atoms with van der Waals surface area (Å²) in [6, 6.07) is -0.228. The first-order valence-corrected chi connectivity index (χ1v) is 5.64. The largest absolute Gasteiger partial charge is 0.392 e. The van der Waals surface area contributed by atoms with Crippen molar-refractivity contribution in [1.29, 1.82) is 0 Å². The summed E-state index contributed by atoms with van der Waals surface area (Å²) in [4.78, 5) is 12.2. The van der Waals surface area contributed by atoms with Crippen molar-refractivity contribution < 1.29 is 9.53 Å². The molecule has 1 aliphatic rings. The van der Waals surface area contributed by atoms with Crippen molar-refractivity contribution in [1.82, 2.24) is 5.32 Å². The Bertz CT molecular complexity index is 262. The van der Waals surface area contributed by atoms with E-state index in [0.717, 1.165) is 12.8 Å². The average molecular weight is 230 g/mol. The Morgan fingerprint density at radius 1 is 1.73 bits per heavy atom. The van der Waals surface area contributed by atoms with Gasteiger partial charge in [0.05, 0.1) is 11.0 Å². The first-order chi connectivity index (χ1) is 6.99. The van der Waals surface area contributed by atoms with Gasteiger partial charge in [-0.25, -0.2) is 0 Å². The first kappa shape index (κ1) is 12.4. The van der Waals surface area contributed by atoms with Gasteiger partial charge in [-0.05, 0) is 26.2 Å². The van der Waals surface area contributed by atoms with Crippen LogP contribution in [0.15, 0.2) is 0 Å². The van der Waals surface area contributed by atoms with Gasteiger partial charge in [-0.15, -0.1) is 0 Å². The highest BCUT2D eigenvalue weighted by Crippen LogP contribution is 2.25. The predicted octanol–water partition coefficient (Wildman–Crippen LogP) is 0.736. The fourth-order valence-electron chi connectivity index (χ4n) is 1.64. The lowest BCUT2D eigenvalue weighted by atomic mass is 10.0. The second-order valence-electron chi connectivity index (χ2n) is 4.02. The summed E-state index contributed by atoms with van der Waals surface area (Å²) in [5, 5.41) is 2.82. The maximum Gasteiger partial charge on any atom is 0.252 e. The fourth-order valence-corrected chi connectivity index (χ4v) is 1.87. The molecule has 0 aromatic heterocycles. The highest BCUT2D eigenvalue weighted by molar-refractivity contribution is 7.80. The smallest absolute Gasteiger partial charge is 0.252 e. The summed E-state index contributed by atoms with van der Waals surface area (Å²) in [6.07, 6.45) is 2.39. The Morgan fingerprint density at radius 2 is 2.40 bits per heavy atom. The number of ether oxygens (including phenoxy) is 1. The third-order valence-corrected chi connectivity index (χ3v) is 3.04. The van der Waals surface area contributed by atoms with Gasteiger partial charge in [0, 0.05) is 6.61 Å². The zero-order valence-electron chi connectivity index (χ0n) is 9.21. The Morgan fingerprint density at radius 3 is 2.80 bits per heavy atom. The molecule has 1 rings (SSSR count). The molecule has 15 heavy (non-hydrogen) atoms. The number of nitrogens with two attached hydrogens (primary N) is 1. The topological polar surface area (TPSA) is 64.3 Å². The van der Waals surface area contributed by atoms with Gasteiger partial charge in [0.15, 0.2) is 0 Å². The monoisotopic (exact) mass is 230 g/mol. The number of rotatable bonds is 4. The van der Waals surface area contributed by atoms with E-state index in [-0.39, 0.29) is 11.9 Å². The third-order valence-electron chi connectivity index (χ3n) is 2.76. The van der Waals surface area contributed by atoms with Crippen LogP contribution in [0.4, 0.5) is 0 Å². The van der Waals surface area contributed by atoms with E-state index in [1.807, 2.05) is 13.8 Å². The lowest BCUT2D eigenvalue weighted by Crippen LogP contribution is -2.51. The number of carbonyl (C=O) groups excluding carboxylic acids is 1. The van der Waals surface area contributed by atoms with Crippen LogP contribution >= 0.6 is 12.2 Å². The van der Waals surface area contributed by atoms with Gasteiger partial charge in [-0.3, -0.25) is 4.79 Å². The van der Waals surface area contributed by atoms with Gasteiger partial charge in [-0.2, -0.15) is 0 Å². The molecular formula is C10H18N2O2S. The molecule has 0 radical (unpaired) electrons. The van der Waals surface area contributed by atoms with E-state index in [0.29, 0.717) is 18.0 Å². The van der Waals surface area contributed by atoms with Crippen molar-refractivity contribution in [3.63, 3.8) is 0 Å². The number of hydrogen-bond acceptors (Lipinski definition) is 3. The standard InChI is InChI=1S/C10H18N2O2S/c1-3-7(8(11)15)12-9(13)10(2)5-4-6-14-10/h7H,3-6H2,1-2H3,(H2,11,15)(H,12,13). The minimum absolute atomic E-state index is 0.111. The maximum absolute atomic E-state index is 11.9. The molecule has 0 aliphatic carbocycles. The van der Waals surface area contributed by atoms with E-state index < -0.39 is 5.60 Å². The molecule has 86 valence electrons. The van der Waals surface area contributed by atoms with E-state index in [4.69, 9.17) is 22.7 Å². The number of carbonyl (C=O) groups is 1. The summed E-state index contributed by atoms with van der Waals surface area (Å²) in [7, 11) is 0. The van der Waals surface area contributed by atoms with Gasteiger partial charge in [-0.1, -0.05) is 19.1 Å².